The number of amides is 3. The summed E-state index contributed by atoms with van der Waals surface area (Å²) in [5.41, 5.74) is 0.816. The second-order valence-electron chi connectivity index (χ2n) is 8.87. The molecule has 3 rings (SSSR count). The van der Waals surface area contributed by atoms with Gasteiger partial charge in [-0.15, -0.1) is 11.8 Å². The monoisotopic (exact) mass is 418 g/mol. The van der Waals surface area contributed by atoms with Crippen molar-refractivity contribution in [2.75, 3.05) is 51.1 Å². The van der Waals surface area contributed by atoms with Gasteiger partial charge in [-0.05, 0) is 43.5 Å². The molecule has 3 amide bonds. The van der Waals surface area contributed by atoms with Gasteiger partial charge in [0.1, 0.15) is 0 Å². The van der Waals surface area contributed by atoms with E-state index in [-0.39, 0.29) is 16.7 Å². The largest absolute Gasteiger partial charge is 0.342 e. The summed E-state index contributed by atoms with van der Waals surface area (Å²) < 4.78 is 0.166. The number of piperidine rings is 1. The standard InChI is InChI=1S/C22H34N4O2S/c1-22(2,3)29-19-9-7-18(8-10-19)23-21(28)26-15-13-24(14-16-26)17-20(27)25-11-5-4-6-12-25/h7-10H,4-6,11-17H2,1-3H3,(H,23,28). The van der Waals surface area contributed by atoms with Crippen molar-refractivity contribution in [3.63, 3.8) is 0 Å². The number of carbonyl (C=O) groups excluding carboxylic acids is 2. The highest BCUT2D eigenvalue weighted by molar-refractivity contribution is 8.00. The average molecular weight is 419 g/mol. The van der Waals surface area contributed by atoms with Gasteiger partial charge in [-0.3, -0.25) is 9.69 Å². The molecule has 1 aromatic carbocycles. The Balaban J connectivity index is 1.42. The van der Waals surface area contributed by atoms with Crippen LogP contribution in [0.4, 0.5) is 10.5 Å². The van der Waals surface area contributed by atoms with E-state index in [1.54, 1.807) is 0 Å². The molecule has 160 valence electrons. The van der Waals surface area contributed by atoms with Gasteiger partial charge in [0.25, 0.3) is 0 Å². The molecule has 1 aromatic rings. The molecule has 0 spiro atoms. The number of nitrogens with zero attached hydrogens (tertiary/aromatic N) is 3. The number of likely N-dealkylation sites (tertiary alicyclic amines) is 1. The van der Waals surface area contributed by atoms with Crippen LogP contribution in [-0.2, 0) is 4.79 Å². The summed E-state index contributed by atoms with van der Waals surface area (Å²) in [7, 11) is 0. The molecule has 7 heteroatoms. The number of thioether (sulfide) groups is 1. The Morgan fingerprint density at radius 3 is 2.10 bits per heavy atom. The molecule has 0 saturated carbocycles. The number of carbonyl (C=O) groups is 2. The fraction of sp³-hybridized carbons (Fsp3) is 0.636. The van der Waals surface area contributed by atoms with Gasteiger partial charge < -0.3 is 15.1 Å². The first kappa shape index (κ1) is 22.0. The molecule has 29 heavy (non-hydrogen) atoms. The lowest BCUT2D eigenvalue weighted by atomic mass is 10.1. The Labute approximate surface area is 179 Å². The van der Waals surface area contributed by atoms with Crippen LogP contribution in [0.3, 0.4) is 0 Å². The van der Waals surface area contributed by atoms with E-state index in [0.717, 1.165) is 44.7 Å². The van der Waals surface area contributed by atoms with Crippen molar-refractivity contribution < 1.29 is 9.59 Å². The summed E-state index contributed by atoms with van der Waals surface area (Å²) in [4.78, 5) is 32.2. The first-order chi connectivity index (χ1) is 13.8. The highest BCUT2D eigenvalue weighted by atomic mass is 32.2. The van der Waals surface area contributed by atoms with Crippen LogP contribution in [0.2, 0.25) is 0 Å². The van der Waals surface area contributed by atoms with Crippen molar-refractivity contribution in [1.29, 1.82) is 0 Å². The van der Waals surface area contributed by atoms with E-state index in [1.807, 2.05) is 33.7 Å². The number of anilines is 1. The van der Waals surface area contributed by atoms with Gasteiger partial charge in [-0.2, -0.15) is 0 Å². The lowest BCUT2D eigenvalue weighted by Crippen LogP contribution is -2.52. The van der Waals surface area contributed by atoms with Gasteiger partial charge >= 0.3 is 6.03 Å². The first-order valence-corrected chi connectivity index (χ1v) is 11.5. The SMILES string of the molecule is CC(C)(C)Sc1ccc(NC(=O)N2CCN(CC(=O)N3CCCCC3)CC2)cc1. The molecule has 0 atom stereocenters. The van der Waals surface area contributed by atoms with Crippen molar-refractivity contribution in [3.8, 4) is 0 Å². The Morgan fingerprint density at radius 2 is 1.52 bits per heavy atom. The van der Waals surface area contributed by atoms with Crippen LogP contribution in [-0.4, -0.2) is 77.2 Å². The highest BCUT2D eigenvalue weighted by Gasteiger charge is 2.25. The third-order valence-corrected chi connectivity index (χ3v) is 6.38. The minimum Gasteiger partial charge on any atom is -0.342 e. The Morgan fingerprint density at radius 1 is 0.897 bits per heavy atom. The molecule has 2 heterocycles. The molecule has 0 aromatic heterocycles. The van der Waals surface area contributed by atoms with E-state index in [0.29, 0.717) is 19.6 Å². The third-order valence-electron chi connectivity index (χ3n) is 5.26. The molecule has 6 nitrogen and oxygen atoms in total. The maximum atomic E-state index is 12.6. The van der Waals surface area contributed by atoms with Crippen LogP contribution in [0.5, 0.6) is 0 Å². The van der Waals surface area contributed by atoms with Crippen molar-refractivity contribution in [3.05, 3.63) is 24.3 Å². The van der Waals surface area contributed by atoms with Crippen LogP contribution >= 0.6 is 11.8 Å². The van der Waals surface area contributed by atoms with Gasteiger partial charge in [-0.1, -0.05) is 20.8 Å². The molecule has 0 bridgehead atoms. The van der Waals surface area contributed by atoms with E-state index in [9.17, 15) is 9.59 Å². The molecular formula is C22H34N4O2S. The summed E-state index contributed by atoms with van der Waals surface area (Å²) in [5.74, 6) is 0.232. The van der Waals surface area contributed by atoms with E-state index in [2.05, 4.69) is 43.1 Å². The molecule has 2 fully saturated rings. The first-order valence-electron chi connectivity index (χ1n) is 10.7. The number of hydrogen-bond acceptors (Lipinski definition) is 4. The van der Waals surface area contributed by atoms with E-state index >= 15 is 0 Å². The molecule has 0 unspecified atom stereocenters. The second kappa shape index (κ2) is 9.85. The fourth-order valence-corrected chi connectivity index (χ4v) is 4.69. The van der Waals surface area contributed by atoms with Gasteiger partial charge in [-0.25, -0.2) is 4.79 Å². The second-order valence-corrected chi connectivity index (χ2v) is 10.8. The average Bonchev–Trinajstić information content (AvgIpc) is 2.69. The molecule has 1 N–H and O–H groups in total. The van der Waals surface area contributed by atoms with Crippen LogP contribution in [0.1, 0.15) is 40.0 Å². The number of rotatable bonds is 4. The number of urea groups is 1. The molecule has 2 aliphatic heterocycles. The maximum absolute atomic E-state index is 12.6. The van der Waals surface area contributed by atoms with Crippen molar-refractivity contribution in [2.24, 2.45) is 0 Å². The zero-order chi connectivity index (χ0) is 20.9. The topological polar surface area (TPSA) is 55.9 Å². The summed E-state index contributed by atoms with van der Waals surface area (Å²) in [6, 6.07) is 7.95. The van der Waals surface area contributed by atoms with Crippen LogP contribution < -0.4 is 5.32 Å². The predicted molar refractivity (Wildman–Crippen MR) is 120 cm³/mol. The lowest BCUT2D eigenvalue weighted by molar-refractivity contribution is -0.133. The van der Waals surface area contributed by atoms with Gasteiger partial charge in [0.2, 0.25) is 5.91 Å². The molecular weight excluding hydrogens is 384 g/mol. The van der Waals surface area contributed by atoms with E-state index in [1.165, 1.54) is 11.3 Å². The predicted octanol–water partition coefficient (Wildman–Crippen LogP) is 3.74. The summed E-state index contributed by atoms with van der Waals surface area (Å²) in [6.07, 6.45) is 3.47. The maximum Gasteiger partial charge on any atom is 0.321 e. The van der Waals surface area contributed by atoms with Gasteiger partial charge in [0.05, 0.1) is 6.54 Å². The minimum absolute atomic E-state index is 0.0665. The van der Waals surface area contributed by atoms with E-state index in [4.69, 9.17) is 0 Å². The van der Waals surface area contributed by atoms with Gasteiger partial charge in [0.15, 0.2) is 0 Å². The molecule has 2 saturated heterocycles. The van der Waals surface area contributed by atoms with Crippen LogP contribution in [0.25, 0.3) is 0 Å². The molecule has 0 aliphatic carbocycles. The number of hydrogen-bond donors (Lipinski definition) is 1. The van der Waals surface area contributed by atoms with Crippen LogP contribution in [0.15, 0.2) is 29.2 Å². The number of nitrogens with one attached hydrogen (secondary N) is 1. The Bertz CT molecular complexity index is 688. The molecule has 2 aliphatic rings. The lowest BCUT2D eigenvalue weighted by Gasteiger charge is -2.36. The summed E-state index contributed by atoms with van der Waals surface area (Å²) in [5, 5.41) is 2.99. The normalized spacial score (nSPS) is 18.6. The number of piperazine rings is 1. The van der Waals surface area contributed by atoms with Crippen molar-refractivity contribution in [1.82, 2.24) is 14.7 Å². The highest BCUT2D eigenvalue weighted by Crippen LogP contribution is 2.32. The zero-order valence-electron chi connectivity index (χ0n) is 17.9. The quantitative estimate of drug-likeness (QED) is 0.757. The Kier molecular flexibility index (Phi) is 7.46. The van der Waals surface area contributed by atoms with Crippen molar-refractivity contribution >= 4 is 29.4 Å². The van der Waals surface area contributed by atoms with E-state index < -0.39 is 0 Å². The smallest absolute Gasteiger partial charge is 0.321 e. The summed E-state index contributed by atoms with van der Waals surface area (Å²) in [6.45, 7) is 11.6. The minimum atomic E-state index is -0.0665. The number of benzene rings is 1. The zero-order valence-corrected chi connectivity index (χ0v) is 18.8. The van der Waals surface area contributed by atoms with Crippen molar-refractivity contribution in [2.45, 2.75) is 49.7 Å². The van der Waals surface area contributed by atoms with Crippen LogP contribution in [0, 0.1) is 0 Å². The Hall–Kier alpha value is -1.73. The third kappa shape index (κ3) is 6.93. The van der Waals surface area contributed by atoms with Gasteiger partial charge in [0, 0.05) is 54.6 Å². The molecule has 0 radical (unpaired) electrons. The fourth-order valence-electron chi connectivity index (χ4n) is 3.71. The summed E-state index contributed by atoms with van der Waals surface area (Å²) >= 11 is 1.81.